The fourth-order valence-electron chi connectivity index (χ4n) is 2.74. The second-order valence-corrected chi connectivity index (χ2v) is 6.88. The largest absolute Gasteiger partial charge is 0.496 e. The van der Waals surface area contributed by atoms with Gasteiger partial charge in [0.2, 0.25) is 0 Å². The molecule has 0 aliphatic heterocycles. The molecule has 1 heterocycles. The maximum atomic E-state index is 7.56. The van der Waals surface area contributed by atoms with Crippen molar-refractivity contribution in [2.24, 2.45) is 5.73 Å². The number of unbranched alkanes of at least 4 members (excludes halogenated alkanes) is 3. The normalized spacial score (nSPS) is 10.8. The quantitative estimate of drug-likeness (QED) is 0.382. The zero-order valence-electron chi connectivity index (χ0n) is 14.6. The van der Waals surface area contributed by atoms with Crippen molar-refractivity contribution in [2.75, 3.05) is 7.11 Å². The molecular weight excluding hydrogens is 318 g/mol. The predicted octanol–water partition coefficient (Wildman–Crippen LogP) is 4.34. The molecule has 0 saturated heterocycles. The molecule has 1 aromatic carbocycles. The molecule has 1 aromatic heterocycles. The molecule has 0 spiro atoms. The maximum Gasteiger partial charge on any atom is 0.122 e. The van der Waals surface area contributed by atoms with E-state index in [0.29, 0.717) is 0 Å². The minimum Gasteiger partial charge on any atom is -0.496 e. The smallest absolute Gasteiger partial charge is 0.122 e. The van der Waals surface area contributed by atoms with E-state index in [1.165, 1.54) is 30.0 Å². The standard InChI is InChI=1S/C19H27N3OS/c1-3-18-22-16(13-24-18)9-7-5-4-6-8-14-12-15(19(20)21)10-11-17(14)23-2/h10-13H,3-9H2,1-2H3,(H3,20,21). The van der Waals surface area contributed by atoms with E-state index in [1.54, 1.807) is 18.4 Å². The number of hydrogen-bond acceptors (Lipinski definition) is 4. The number of aromatic nitrogens is 1. The van der Waals surface area contributed by atoms with E-state index in [2.05, 4.69) is 17.3 Å². The molecule has 24 heavy (non-hydrogen) atoms. The SMILES string of the molecule is CCc1nc(CCCCCCc2cc(C(=N)N)ccc2OC)cs1. The van der Waals surface area contributed by atoms with E-state index < -0.39 is 0 Å². The van der Waals surface area contributed by atoms with Gasteiger partial charge < -0.3 is 10.5 Å². The van der Waals surface area contributed by atoms with E-state index in [9.17, 15) is 0 Å². The highest BCUT2D eigenvalue weighted by atomic mass is 32.1. The number of hydrogen-bond donors (Lipinski definition) is 2. The summed E-state index contributed by atoms with van der Waals surface area (Å²) in [5.41, 5.74) is 8.72. The molecule has 0 atom stereocenters. The molecule has 2 aromatic rings. The molecule has 0 aliphatic carbocycles. The molecule has 0 unspecified atom stereocenters. The van der Waals surface area contributed by atoms with E-state index in [4.69, 9.17) is 15.9 Å². The van der Waals surface area contributed by atoms with Crippen LogP contribution in [0.5, 0.6) is 5.75 Å². The Balaban J connectivity index is 1.73. The fraction of sp³-hybridized carbons (Fsp3) is 0.474. The monoisotopic (exact) mass is 345 g/mol. The van der Waals surface area contributed by atoms with Gasteiger partial charge in [-0.3, -0.25) is 5.41 Å². The van der Waals surface area contributed by atoms with Gasteiger partial charge >= 0.3 is 0 Å². The number of amidine groups is 1. The summed E-state index contributed by atoms with van der Waals surface area (Å²) in [7, 11) is 1.69. The molecule has 0 fully saturated rings. The van der Waals surface area contributed by atoms with E-state index in [0.717, 1.165) is 42.6 Å². The highest BCUT2D eigenvalue weighted by Gasteiger charge is 2.06. The number of nitrogens with one attached hydrogen (secondary N) is 1. The van der Waals surface area contributed by atoms with Crippen molar-refractivity contribution in [3.05, 3.63) is 45.4 Å². The molecule has 3 N–H and O–H groups in total. The van der Waals surface area contributed by atoms with Crippen molar-refractivity contribution < 1.29 is 4.74 Å². The van der Waals surface area contributed by atoms with E-state index in [-0.39, 0.29) is 5.84 Å². The average Bonchev–Trinajstić information content (AvgIpc) is 3.05. The van der Waals surface area contributed by atoms with Gasteiger partial charge in [-0.2, -0.15) is 0 Å². The summed E-state index contributed by atoms with van der Waals surface area (Å²) in [6.07, 6.45) is 7.80. The number of methoxy groups -OCH3 is 1. The molecule has 0 bridgehead atoms. The molecule has 2 rings (SSSR count). The first kappa shape index (κ1) is 18.5. The van der Waals surface area contributed by atoms with Gasteiger partial charge in [-0.25, -0.2) is 4.98 Å². The summed E-state index contributed by atoms with van der Waals surface area (Å²) < 4.78 is 5.41. The van der Waals surface area contributed by atoms with Crippen LogP contribution in [0.2, 0.25) is 0 Å². The molecule has 130 valence electrons. The topological polar surface area (TPSA) is 72.0 Å². The van der Waals surface area contributed by atoms with Crippen LogP contribution in [0.4, 0.5) is 0 Å². The van der Waals surface area contributed by atoms with E-state index in [1.807, 2.05) is 18.2 Å². The van der Waals surface area contributed by atoms with Gasteiger partial charge in [0.15, 0.2) is 0 Å². The lowest BCUT2D eigenvalue weighted by Crippen LogP contribution is -2.11. The molecule has 5 heteroatoms. The van der Waals surface area contributed by atoms with Crippen LogP contribution in [0.25, 0.3) is 0 Å². The first-order valence-electron chi connectivity index (χ1n) is 8.58. The number of nitrogens with two attached hydrogens (primary N) is 1. The van der Waals surface area contributed by atoms with Gasteiger partial charge in [-0.1, -0.05) is 19.8 Å². The van der Waals surface area contributed by atoms with Crippen molar-refractivity contribution in [3.63, 3.8) is 0 Å². The minimum atomic E-state index is 0.105. The first-order valence-corrected chi connectivity index (χ1v) is 9.46. The summed E-state index contributed by atoms with van der Waals surface area (Å²) in [5, 5.41) is 11.0. The summed E-state index contributed by atoms with van der Waals surface area (Å²) in [4.78, 5) is 4.61. The first-order chi connectivity index (χ1) is 11.6. The third-order valence-corrected chi connectivity index (χ3v) is 5.16. The van der Waals surface area contributed by atoms with Gasteiger partial charge in [0.05, 0.1) is 17.8 Å². The van der Waals surface area contributed by atoms with Crippen molar-refractivity contribution in [1.29, 1.82) is 5.41 Å². The maximum absolute atomic E-state index is 7.56. The second-order valence-electron chi connectivity index (χ2n) is 5.94. The number of ether oxygens (including phenoxy) is 1. The Hall–Kier alpha value is -1.88. The van der Waals surface area contributed by atoms with Crippen LogP contribution < -0.4 is 10.5 Å². The Morgan fingerprint density at radius 3 is 2.58 bits per heavy atom. The van der Waals surface area contributed by atoms with Crippen LogP contribution in [-0.4, -0.2) is 17.9 Å². The van der Waals surface area contributed by atoms with Crippen LogP contribution in [0.15, 0.2) is 23.6 Å². The Morgan fingerprint density at radius 1 is 1.21 bits per heavy atom. The summed E-state index contributed by atoms with van der Waals surface area (Å²) in [6.45, 7) is 2.15. The Kier molecular flexibility index (Phi) is 7.25. The number of aryl methyl sites for hydroxylation is 3. The van der Waals surface area contributed by atoms with Crippen LogP contribution >= 0.6 is 11.3 Å². The van der Waals surface area contributed by atoms with Crippen LogP contribution in [0, 0.1) is 5.41 Å². The van der Waals surface area contributed by atoms with Gasteiger partial charge in [0.1, 0.15) is 11.6 Å². The lowest BCUT2D eigenvalue weighted by molar-refractivity contribution is 0.408. The number of benzene rings is 1. The lowest BCUT2D eigenvalue weighted by atomic mass is 10.0. The Labute approximate surface area is 148 Å². The van der Waals surface area contributed by atoms with Gasteiger partial charge in [-0.15, -0.1) is 11.3 Å². The van der Waals surface area contributed by atoms with Crippen molar-refractivity contribution in [3.8, 4) is 5.75 Å². The van der Waals surface area contributed by atoms with Crippen molar-refractivity contribution in [2.45, 2.75) is 51.9 Å². The van der Waals surface area contributed by atoms with Gasteiger partial charge in [-0.05, 0) is 55.9 Å². The average molecular weight is 346 g/mol. The van der Waals surface area contributed by atoms with Gasteiger partial charge in [0.25, 0.3) is 0 Å². The third kappa shape index (κ3) is 5.34. The zero-order valence-corrected chi connectivity index (χ0v) is 15.4. The zero-order chi connectivity index (χ0) is 17.4. The van der Waals surface area contributed by atoms with Crippen LogP contribution in [-0.2, 0) is 19.3 Å². The summed E-state index contributed by atoms with van der Waals surface area (Å²) >= 11 is 1.77. The highest BCUT2D eigenvalue weighted by Crippen LogP contribution is 2.22. The second kappa shape index (κ2) is 9.42. The Bertz CT molecular complexity index is 666. The number of nitrogen functional groups attached to an aromatic ring is 1. The van der Waals surface area contributed by atoms with Crippen molar-refractivity contribution >= 4 is 17.2 Å². The number of rotatable bonds is 10. The number of thiazole rings is 1. The molecule has 0 radical (unpaired) electrons. The predicted molar refractivity (Wildman–Crippen MR) is 101 cm³/mol. The fourth-order valence-corrected chi connectivity index (χ4v) is 3.52. The minimum absolute atomic E-state index is 0.105. The molecule has 0 aliphatic rings. The molecular formula is C19H27N3OS. The third-order valence-electron chi connectivity index (χ3n) is 4.12. The summed E-state index contributed by atoms with van der Waals surface area (Å²) in [6, 6.07) is 5.71. The van der Waals surface area contributed by atoms with Crippen LogP contribution in [0.3, 0.4) is 0 Å². The molecule has 4 nitrogen and oxygen atoms in total. The molecule has 0 amide bonds. The van der Waals surface area contributed by atoms with Crippen molar-refractivity contribution in [1.82, 2.24) is 4.98 Å². The number of nitrogens with zero attached hydrogens (tertiary/aromatic N) is 1. The molecule has 0 saturated carbocycles. The highest BCUT2D eigenvalue weighted by molar-refractivity contribution is 7.09. The van der Waals surface area contributed by atoms with Crippen LogP contribution in [0.1, 0.15) is 54.4 Å². The Morgan fingerprint density at radius 2 is 1.96 bits per heavy atom. The summed E-state index contributed by atoms with van der Waals surface area (Å²) in [5.74, 6) is 0.989. The lowest BCUT2D eigenvalue weighted by Gasteiger charge is -2.10. The van der Waals surface area contributed by atoms with Gasteiger partial charge in [0, 0.05) is 10.9 Å². The van der Waals surface area contributed by atoms with E-state index >= 15 is 0 Å².